The highest BCUT2D eigenvalue weighted by Crippen LogP contribution is 2.19. The van der Waals surface area contributed by atoms with E-state index in [0.29, 0.717) is 26.1 Å². The zero-order valence-electron chi connectivity index (χ0n) is 12.7. The number of carboxylic acid groups (broad SMARTS) is 1. The molecule has 0 radical (unpaired) electrons. The van der Waals surface area contributed by atoms with Crippen molar-refractivity contribution in [2.75, 3.05) is 19.7 Å². The van der Waals surface area contributed by atoms with Gasteiger partial charge >= 0.3 is 11.9 Å². The molecule has 1 N–H and O–H groups in total. The Hall–Kier alpha value is -1.59. The number of aliphatic carboxylic acids is 1. The van der Waals surface area contributed by atoms with Crippen molar-refractivity contribution in [1.29, 1.82) is 0 Å². The molecule has 0 spiro atoms. The summed E-state index contributed by atoms with van der Waals surface area (Å²) in [6.07, 6.45) is 4.82. The first-order chi connectivity index (χ1) is 10.0. The lowest BCUT2D eigenvalue weighted by Gasteiger charge is -2.15. The van der Waals surface area contributed by atoms with E-state index in [1.807, 2.05) is 0 Å². The number of carbonyl (C=O) groups excluding carboxylic acids is 2. The Bertz CT molecular complexity index is 369. The summed E-state index contributed by atoms with van der Waals surface area (Å²) in [6, 6.07) is 0. The van der Waals surface area contributed by atoms with E-state index in [1.54, 1.807) is 4.90 Å². The molecule has 21 heavy (non-hydrogen) atoms. The smallest absolute Gasteiger partial charge is 0.311 e. The molecule has 0 bridgehead atoms. The number of nitrogens with zero attached hydrogens (tertiary/aromatic N) is 1. The van der Waals surface area contributed by atoms with Gasteiger partial charge in [0.05, 0.1) is 12.5 Å². The van der Waals surface area contributed by atoms with Crippen LogP contribution < -0.4 is 0 Å². The highest BCUT2D eigenvalue weighted by molar-refractivity contribution is 5.86. The van der Waals surface area contributed by atoms with Crippen molar-refractivity contribution < 1.29 is 24.2 Å². The Kier molecular flexibility index (Phi) is 7.79. The van der Waals surface area contributed by atoms with Crippen molar-refractivity contribution in [2.45, 2.75) is 51.9 Å². The van der Waals surface area contributed by atoms with Crippen LogP contribution in [0.15, 0.2) is 0 Å². The van der Waals surface area contributed by atoms with Crippen molar-refractivity contribution in [2.24, 2.45) is 5.92 Å². The molecule has 1 amide bonds. The molecule has 1 saturated heterocycles. The van der Waals surface area contributed by atoms with Gasteiger partial charge in [0.1, 0.15) is 0 Å². The molecule has 0 aliphatic carbocycles. The zero-order chi connectivity index (χ0) is 15.7. The lowest BCUT2D eigenvalue weighted by molar-refractivity contribution is -0.148. The number of carbonyl (C=O) groups is 3. The van der Waals surface area contributed by atoms with Gasteiger partial charge in [-0.2, -0.15) is 0 Å². The third-order valence-corrected chi connectivity index (χ3v) is 3.61. The van der Waals surface area contributed by atoms with Gasteiger partial charge in [-0.1, -0.05) is 26.2 Å². The zero-order valence-corrected chi connectivity index (χ0v) is 12.7. The minimum absolute atomic E-state index is 0.0380. The van der Waals surface area contributed by atoms with Crippen LogP contribution in [0.4, 0.5) is 0 Å². The molecule has 0 aromatic rings. The Morgan fingerprint density at radius 3 is 2.71 bits per heavy atom. The maximum atomic E-state index is 11.9. The third-order valence-electron chi connectivity index (χ3n) is 3.61. The fourth-order valence-electron chi connectivity index (χ4n) is 2.39. The molecule has 1 atom stereocenters. The van der Waals surface area contributed by atoms with Gasteiger partial charge in [-0.3, -0.25) is 14.4 Å². The monoisotopic (exact) mass is 299 g/mol. The molecular weight excluding hydrogens is 274 g/mol. The van der Waals surface area contributed by atoms with Gasteiger partial charge in [0, 0.05) is 25.9 Å². The average Bonchev–Trinajstić information content (AvgIpc) is 2.79. The number of ether oxygens (including phenoxy) is 1. The number of esters is 1. The molecule has 0 aromatic heterocycles. The van der Waals surface area contributed by atoms with E-state index < -0.39 is 11.9 Å². The van der Waals surface area contributed by atoms with Crippen LogP contribution in [0.2, 0.25) is 0 Å². The molecule has 1 rings (SSSR count). The first-order valence-electron chi connectivity index (χ1n) is 7.70. The van der Waals surface area contributed by atoms with Crippen LogP contribution in [0.25, 0.3) is 0 Å². The van der Waals surface area contributed by atoms with Crippen molar-refractivity contribution >= 4 is 17.8 Å². The van der Waals surface area contributed by atoms with Gasteiger partial charge in [0.25, 0.3) is 0 Å². The molecule has 0 saturated carbocycles. The Labute approximate surface area is 125 Å². The van der Waals surface area contributed by atoms with Crippen LogP contribution in [-0.4, -0.2) is 47.5 Å². The average molecular weight is 299 g/mol. The van der Waals surface area contributed by atoms with Gasteiger partial charge in [-0.25, -0.2) is 0 Å². The summed E-state index contributed by atoms with van der Waals surface area (Å²) in [5, 5.41) is 8.57. The predicted molar refractivity (Wildman–Crippen MR) is 76.7 cm³/mol. The molecule has 1 heterocycles. The minimum Gasteiger partial charge on any atom is -0.481 e. The van der Waals surface area contributed by atoms with Gasteiger partial charge in [0.2, 0.25) is 5.91 Å². The second-order valence-electron chi connectivity index (χ2n) is 5.47. The van der Waals surface area contributed by atoms with Gasteiger partial charge in [0.15, 0.2) is 0 Å². The van der Waals surface area contributed by atoms with Gasteiger partial charge in [-0.05, 0) is 12.8 Å². The van der Waals surface area contributed by atoms with Crippen molar-refractivity contribution in [3.63, 3.8) is 0 Å². The molecule has 1 aliphatic rings. The summed E-state index contributed by atoms with van der Waals surface area (Å²) in [5.74, 6) is -1.66. The highest BCUT2D eigenvalue weighted by Gasteiger charge is 2.34. The van der Waals surface area contributed by atoms with E-state index >= 15 is 0 Å². The van der Waals surface area contributed by atoms with Crippen LogP contribution in [0.5, 0.6) is 0 Å². The molecule has 120 valence electrons. The molecule has 1 unspecified atom stereocenters. The van der Waals surface area contributed by atoms with E-state index in [2.05, 4.69) is 6.92 Å². The van der Waals surface area contributed by atoms with Gasteiger partial charge in [-0.15, -0.1) is 0 Å². The predicted octanol–water partition coefficient (Wildman–Crippen LogP) is 1.82. The van der Waals surface area contributed by atoms with Crippen LogP contribution in [0.1, 0.15) is 51.9 Å². The van der Waals surface area contributed by atoms with Crippen LogP contribution >= 0.6 is 0 Å². The largest absolute Gasteiger partial charge is 0.481 e. The third kappa shape index (κ3) is 6.60. The Balaban J connectivity index is 2.23. The Morgan fingerprint density at radius 1 is 1.29 bits per heavy atom. The van der Waals surface area contributed by atoms with Crippen LogP contribution in [0, 0.1) is 5.92 Å². The summed E-state index contributed by atoms with van der Waals surface area (Å²) in [7, 11) is 0. The SMILES string of the molecule is CCCCCCOC(=O)C1CC(=O)N(CCCC(=O)O)C1. The van der Waals surface area contributed by atoms with Crippen LogP contribution in [-0.2, 0) is 19.1 Å². The summed E-state index contributed by atoms with van der Waals surface area (Å²) < 4.78 is 5.20. The molecular formula is C15H25NO5. The number of unbranched alkanes of at least 4 members (excludes halogenated alkanes) is 3. The normalized spacial score (nSPS) is 18.0. The maximum Gasteiger partial charge on any atom is 0.311 e. The maximum absolute atomic E-state index is 11.9. The minimum atomic E-state index is -0.871. The van der Waals surface area contributed by atoms with E-state index in [9.17, 15) is 14.4 Å². The van der Waals surface area contributed by atoms with Crippen molar-refractivity contribution in [3.05, 3.63) is 0 Å². The second kappa shape index (κ2) is 9.37. The number of hydrogen-bond donors (Lipinski definition) is 1. The molecule has 1 aliphatic heterocycles. The first-order valence-corrected chi connectivity index (χ1v) is 7.70. The summed E-state index contributed by atoms with van der Waals surface area (Å²) in [5.41, 5.74) is 0. The topological polar surface area (TPSA) is 83.9 Å². The molecule has 0 aromatic carbocycles. The first kappa shape index (κ1) is 17.5. The molecule has 6 heteroatoms. The number of likely N-dealkylation sites (tertiary alicyclic amines) is 1. The van der Waals surface area contributed by atoms with E-state index in [0.717, 1.165) is 25.7 Å². The fourth-order valence-corrected chi connectivity index (χ4v) is 2.39. The quantitative estimate of drug-likeness (QED) is 0.491. The van der Waals surface area contributed by atoms with E-state index in [1.165, 1.54) is 0 Å². The standard InChI is InChI=1S/C15H25NO5/c1-2-3-4-5-9-21-15(20)12-10-13(17)16(11-12)8-6-7-14(18)19/h12H,2-11H2,1H3,(H,18,19). The summed E-state index contributed by atoms with van der Waals surface area (Å²) in [6.45, 7) is 3.29. The summed E-state index contributed by atoms with van der Waals surface area (Å²) >= 11 is 0. The number of amides is 1. The Morgan fingerprint density at radius 2 is 2.05 bits per heavy atom. The number of carboxylic acids is 1. The van der Waals surface area contributed by atoms with Crippen LogP contribution in [0.3, 0.4) is 0 Å². The fraction of sp³-hybridized carbons (Fsp3) is 0.800. The van der Waals surface area contributed by atoms with Crippen molar-refractivity contribution in [3.8, 4) is 0 Å². The molecule has 6 nitrogen and oxygen atoms in total. The lowest BCUT2D eigenvalue weighted by Crippen LogP contribution is -2.28. The summed E-state index contributed by atoms with van der Waals surface area (Å²) in [4.78, 5) is 35.6. The lowest BCUT2D eigenvalue weighted by atomic mass is 10.1. The molecule has 1 fully saturated rings. The number of rotatable bonds is 10. The van der Waals surface area contributed by atoms with E-state index in [4.69, 9.17) is 9.84 Å². The highest BCUT2D eigenvalue weighted by atomic mass is 16.5. The van der Waals surface area contributed by atoms with Gasteiger partial charge < -0.3 is 14.7 Å². The van der Waals surface area contributed by atoms with Crippen molar-refractivity contribution in [1.82, 2.24) is 4.90 Å². The second-order valence-corrected chi connectivity index (χ2v) is 5.47. The number of hydrogen-bond acceptors (Lipinski definition) is 4. The van der Waals surface area contributed by atoms with E-state index in [-0.39, 0.29) is 24.7 Å².